The summed E-state index contributed by atoms with van der Waals surface area (Å²) in [6.07, 6.45) is 8.92. The maximum absolute atomic E-state index is 13.4. The smallest absolute Gasteiger partial charge is 0.170 e. The maximum Gasteiger partial charge on any atom is 0.170 e. The van der Waals surface area contributed by atoms with Gasteiger partial charge in [-0.3, -0.25) is 4.79 Å². The SMILES string of the molecule is CN(C)c1ccc(C(=O)CC2CCC(CCN3CCC(c4noc5cc(F)ccc45)CC3)CC2)cc1. The Labute approximate surface area is 213 Å². The molecule has 0 atom stereocenters. The Morgan fingerprint density at radius 2 is 1.69 bits per heavy atom. The van der Waals surface area contributed by atoms with Crippen molar-refractivity contribution in [3.8, 4) is 0 Å². The first-order valence-electron chi connectivity index (χ1n) is 13.5. The summed E-state index contributed by atoms with van der Waals surface area (Å²) in [6, 6.07) is 12.7. The minimum atomic E-state index is -0.282. The van der Waals surface area contributed by atoms with E-state index in [0.717, 1.165) is 60.7 Å². The van der Waals surface area contributed by atoms with E-state index in [1.54, 1.807) is 6.07 Å². The molecule has 2 fully saturated rings. The Hall–Kier alpha value is -2.73. The second-order valence-corrected chi connectivity index (χ2v) is 11.1. The van der Waals surface area contributed by atoms with Gasteiger partial charge in [0.1, 0.15) is 5.82 Å². The molecule has 0 unspecified atom stereocenters. The van der Waals surface area contributed by atoms with Crippen LogP contribution in [0.3, 0.4) is 0 Å². The van der Waals surface area contributed by atoms with Crippen LogP contribution in [0.15, 0.2) is 47.0 Å². The third-order valence-corrected chi connectivity index (χ3v) is 8.44. The molecule has 0 spiro atoms. The molecule has 192 valence electrons. The standard InChI is InChI=1S/C30H38FN3O2/c1-33(2)26-10-7-23(8-11-26)28(35)19-22-5-3-21(4-6-22)13-16-34-17-14-24(15-18-34)30-27-12-9-25(31)20-29(27)36-32-30/h7-12,20-22,24H,3-6,13-19H2,1-2H3. The molecular weight excluding hydrogens is 453 g/mol. The van der Waals surface area contributed by atoms with E-state index in [-0.39, 0.29) is 11.6 Å². The van der Waals surface area contributed by atoms with E-state index in [0.29, 0.717) is 23.8 Å². The van der Waals surface area contributed by atoms with Gasteiger partial charge < -0.3 is 14.3 Å². The maximum atomic E-state index is 13.4. The summed E-state index contributed by atoms with van der Waals surface area (Å²) in [5.41, 5.74) is 3.51. The normalized spacial score (nSPS) is 21.6. The summed E-state index contributed by atoms with van der Waals surface area (Å²) in [4.78, 5) is 17.4. The Bertz CT molecular complexity index is 1160. The van der Waals surface area contributed by atoms with Gasteiger partial charge in [-0.1, -0.05) is 18.0 Å². The highest BCUT2D eigenvalue weighted by Crippen LogP contribution is 2.35. The second-order valence-electron chi connectivity index (χ2n) is 11.1. The Balaban J connectivity index is 1.02. The number of piperidine rings is 1. The summed E-state index contributed by atoms with van der Waals surface area (Å²) in [6.45, 7) is 3.32. The Kier molecular flexibility index (Phi) is 7.70. The van der Waals surface area contributed by atoms with Gasteiger partial charge in [-0.15, -0.1) is 0 Å². The van der Waals surface area contributed by atoms with Crippen molar-refractivity contribution in [2.75, 3.05) is 38.6 Å². The lowest BCUT2D eigenvalue weighted by Gasteiger charge is -2.34. The summed E-state index contributed by atoms with van der Waals surface area (Å²) in [5.74, 6) is 1.71. The van der Waals surface area contributed by atoms with Gasteiger partial charge in [0.2, 0.25) is 0 Å². The molecule has 0 radical (unpaired) electrons. The molecule has 0 bridgehead atoms. The molecule has 3 aromatic rings. The number of rotatable bonds is 8. The molecule has 1 saturated heterocycles. The van der Waals surface area contributed by atoms with Crippen LogP contribution in [0.1, 0.15) is 73.3 Å². The van der Waals surface area contributed by atoms with Crippen LogP contribution in [-0.4, -0.2) is 49.6 Å². The third kappa shape index (κ3) is 5.80. The van der Waals surface area contributed by atoms with Crippen molar-refractivity contribution in [3.63, 3.8) is 0 Å². The van der Waals surface area contributed by atoms with Gasteiger partial charge >= 0.3 is 0 Å². The van der Waals surface area contributed by atoms with Gasteiger partial charge in [-0.25, -0.2) is 4.39 Å². The van der Waals surface area contributed by atoms with Crippen LogP contribution in [0.25, 0.3) is 11.0 Å². The summed E-state index contributed by atoms with van der Waals surface area (Å²) < 4.78 is 18.8. The number of ketones is 1. The van der Waals surface area contributed by atoms with Crippen LogP contribution in [0.2, 0.25) is 0 Å². The third-order valence-electron chi connectivity index (χ3n) is 8.44. The van der Waals surface area contributed by atoms with Gasteiger partial charge in [-0.05, 0) is 100.0 Å². The first-order chi connectivity index (χ1) is 17.5. The molecule has 1 aromatic heterocycles. The van der Waals surface area contributed by atoms with Crippen molar-refractivity contribution in [1.82, 2.24) is 10.1 Å². The van der Waals surface area contributed by atoms with Gasteiger partial charge in [0, 0.05) is 49.1 Å². The van der Waals surface area contributed by atoms with Crippen molar-refractivity contribution >= 4 is 22.4 Å². The lowest BCUT2D eigenvalue weighted by Crippen LogP contribution is -2.35. The minimum absolute atomic E-state index is 0.282. The van der Waals surface area contributed by atoms with Crippen LogP contribution >= 0.6 is 0 Å². The van der Waals surface area contributed by atoms with Gasteiger partial charge in [0.15, 0.2) is 11.4 Å². The molecule has 2 aliphatic rings. The number of carbonyl (C=O) groups excluding carboxylic acids is 1. The van der Waals surface area contributed by atoms with E-state index < -0.39 is 0 Å². The number of likely N-dealkylation sites (tertiary alicyclic amines) is 1. The van der Waals surface area contributed by atoms with E-state index in [1.165, 1.54) is 44.2 Å². The van der Waals surface area contributed by atoms with Crippen LogP contribution in [-0.2, 0) is 0 Å². The monoisotopic (exact) mass is 491 g/mol. The second kappa shape index (κ2) is 11.1. The van der Waals surface area contributed by atoms with Gasteiger partial charge in [0.05, 0.1) is 5.69 Å². The van der Waals surface area contributed by atoms with Crippen molar-refractivity contribution < 1.29 is 13.7 Å². The predicted molar refractivity (Wildman–Crippen MR) is 142 cm³/mol. The van der Waals surface area contributed by atoms with Crippen molar-refractivity contribution in [1.29, 1.82) is 0 Å². The summed E-state index contributed by atoms with van der Waals surface area (Å²) in [7, 11) is 4.03. The Morgan fingerprint density at radius 3 is 2.39 bits per heavy atom. The number of anilines is 1. The Morgan fingerprint density at radius 1 is 1.00 bits per heavy atom. The minimum Gasteiger partial charge on any atom is -0.378 e. The fourth-order valence-electron chi connectivity index (χ4n) is 6.07. The molecule has 1 saturated carbocycles. The fourth-order valence-corrected chi connectivity index (χ4v) is 6.07. The number of aromatic nitrogens is 1. The number of hydrogen-bond donors (Lipinski definition) is 0. The van der Waals surface area contributed by atoms with E-state index in [2.05, 4.69) is 15.0 Å². The van der Waals surface area contributed by atoms with E-state index in [4.69, 9.17) is 4.52 Å². The highest BCUT2D eigenvalue weighted by atomic mass is 19.1. The first kappa shape index (κ1) is 24.9. The molecule has 5 nitrogen and oxygen atoms in total. The van der Waals surface area contributed by atoms with Gasteiger partial charge in [-0.2, -0.15) is 0 Å². The average Bonchev–Trinajstić information content (AvgIpc) is 3.31. The van der Waals surface area contributed by atoms with Crippen LogP contribution in [0.4, 0.5) is 10.1 Å². The number of benzene rings is 2. The van der Waals surface area contributed by atoms with E-state index in [1.807, 2.05) is 38.4 Å². The molecule has 1 aliphatic heterocycles. The molecule has 2 heterocycles. The molecule has 2 aromatic carbocycles. The number of Topliss-reactive ketones (excluding diaryl/α,β-unsaturated/α-hetero) is 1. The van der Waals surface area contributed by atoms with Crippen molar-refractivity contribution in [3.05, 3.63) is 59.5 Å². The van der Waals surface area contributed by atoms with Crippen LogP contribution < -0.4 is 4.90 Å². The number of hydrogen-bond acceptors (Lipinski definition) is 5. The van der Waals surface area contributed by atoms with Crippen LogP contribution in [0, 0.1) is 17.7 Å². The number of nitrogens with zero attached hydrogens (tertiary/aromatic N) is 3. The quantitative estimate of drug-likeness (QED) is 0.329. The van der Waals surface area contributed by atoms with E-state index in [9.17, 15) is 9.18 Å². The molecule has 0 amide bonds. The molecular formula is C30H38FN3O2. The largest absolute Gasteiger partial charge is 0.378 e. The zero-order chi connectivity index (χ0) is 25.1. The van der Waals surface area contributed by atoms with Crippen molar-refractivity contribution in [2.24, 2.45) is 11.8 Å². The first-order valence-corrected chi connectivity index (χ1v) is 13.5. The lowest BCUT2D eigenvalue weighted by molar-refractivity contribution is 0.0939. The molecule has 5 rings (SSSR count). The lowest BCUT2D eigenvalue weighted by atomic mass is 9.78. The summed E-state index contributed by atoms with van der Waals surface area (Å²) in [5, 5.41) is 5.23. The molecule has 0 N–H and O–H groups in total. The predicted octanol–water partition coefficient (Wildman–Crippen LogP) is 6.68. The highest BCUT2D eigenvalue weighted by molar-refractivity contribution is 5.96. The van der Waals surface area contributed by atoms with E-state index >= 15 is 0 Å². The number of halogens is 1. The molecule has 1 aliphatic carbocycles. The zero-order valence-corrected chi connectivity index (χ0v) is 21.6. The number of carbonyl (C=O) groups is 1. The average molecular weight is 492 g/mol. The van der Waals surface area contributed by atoms with Crippen molar-refractivity contribution in [2.45, 2.75) is 57.3 Å². The highest BCUT2D eigenvalue weighted by Gasteiger charge is 2.27. The summed E-state index contributed by atoms with van der Waals surface area (Å²) >= 11 is 0. The van der Waals surface area contributed by atoms with Gasteiger partial charge in [0.25, 0.3) is 0 Å². The molecule has 36 heavy (non-hydrogen) atoms. The van der Waals surface area contributed by atoms with Crippen LogP contribution in [0.5, 0.6) is 0 Å². The molecule has 6 heteroatoms. The topological polar surface area (TPSA) is 49.6 Å². The fraction of sp³-hybridized carbons (Fsp3) is 0.533. The zero-order valence-electron chi connectivity index (χ0n) is 21.6. The number of fused-ring (bicyclic) bond motifs is 1.